The first-order valence-electron chi connectivity index (χ1n) is 5.20. The summed E-state index contributed by atoms with van der Waals surface area (Å²) in [5.41, 5.74) is -1.28. The van der Waals surface area contributed by atoms with Crippen LogP contribution in [0.25, 0.3) is 0 Å². The smallest absolute Gasteiger partial charge is 0.228 e. The summed E-state index contributed by atoms with van der Waals surface area (Å²) in [7, 11) is 0. The van der Waals surface area contributed by atoms with Gasteiger partial charge in [0, 0.05) is 32.3 Å². The van der Waals surface area contributed by atoms with E-state index in [1.165, 1.54) is 0 Å². The molecule has 1 saturated heterocycles. The molecule has 2 rings (SSSR count). The molecule has 3 nitrogen and oxygen atoms in total. The summed E-state index contributed by atoms with van der Waals surface area (Å²) >= 11 is 3.30. The summed E-state index contributed by atoms with van der Waals surface area (Å²) in [4.78, 5) is 4.03. The van der Waals surface area contributed by atoms with E-state index in [-0.39, 0.29) is 6.61 Å². The molecule has 1 aromatic rings. The third-order valence-corrected chi connectivity index (χ3v) is 3.18. The van der Waals surface area contributed by atoms with Gasteiger partial charge < -0.3 is 9.47 Å². The fourth-order valence-corrected chi connectivity index (χ4v) is 1.93. The van der Waals surface area contributed by atoms with Gasteiger partial charge in [0.15, 0.2) is 0 Å². The van der Waals surface area contributed by atoms with Crippen LogP contribution in [0.2, 0.25) is 0 Å². The van der Waals surface area contributed by atoms with Gasteiger partial charge in [-0.2, -0.15) is 0 Å². The molecular weight excluding hydrogens is 277 g/mol. The van der Waals surface area contributed by atoms with Crippen LogP contribution in [-0.4, -0.2) is 30.5 Å². The molecule has 0 amide bonds. The van der Waals surface area contributed by atoms with Crippen molar-refractivity contribution in [2.75, 3.05) is 19.8 Å². The first-order chi connectivity index (χ1) is 7.70. The van der Waals surface area contributed by atoms with Crippen molar-refractivity contribution < 1.29 is 13.9 Å². The molecule has 1 fully saturated rings. The Kier molecular flexibility index (Phi) is 3.76. The van der Waals surface area contributed by atoms with Crippen molar-refractivity contribution in [3.8, 4) is 5.88 Å². The maximum atomic E-state index is 14.1. The number of ether oxygens (including phenoxy) is 2. The van der Waals surface area contributed by atoms with E-state index in [0.29, 0.717) is 31.9 Å². The van der Waals surface area contributed by atoms with E-state index in [2.05, 4.69) is 20.9 Å². The molecule has 0 bridgehead atoms. The number of hydrogen-bond donors (Lipinski definition) is 0. The van der Waals surface area contributed by atoms with E-state index in [1.807, 2.05) is 6.07 Å². The zero-order valence-electron chi connectivity index (χ0n) is 8.79. The molecule has 88 valence electrons. The van der Waals surface area contributed by atoms with E-state index in [9.17, 15) is 4.39 Å². The van der Waals surface area contributed by atoms with E-state index in [1.54, 1.807) is 12.3 Å². The normalized spacial score (nSPS) is 19.4. The molecule has 0 saturated carbocycles. The highest BCUT2D eigenvalue weighted by molar-refractivity contribution is 9.10. The van der Waals surface area contributed by atoms with Gasteiger partial charge in [-0.05, 0) is 28.1 Å². The molecule has 0 N–H and O–H groups in total. The lowest BCUT2D eigenvalue weighted by atomic mass is 9.98. The molecule has 0 atom stereocenters. The number of nitrogens with zero attached hydrogens (tertiary/aromatic N) is 1. The van der Waals surface area contributed by atoms with Crippen molar-refractivity contribution in [1.82, 2.24) is 4.98 Å². The van der Waals surface area contributed by atoms with Crippen LogP contribution >= 0.6 is 15.9 Å². The molecule has 0 aliphatic carbocycles. The summed E-state index contributed by atoms with van der Waals surface area (Å²) in [5, 5.41) is 0. The average molecular weight is 290 g/mol. The summed E-state index contributed by atoms with van der Waals surface area (Å²) in [6.07, 6.45) is 2.39. The molecule has 0 radical (unpaired) electrons. The Morgan fingerprint density at radius 1 is 1.50 bits per heavy atom. The molecule has 1 aliphatic heterocycles. The zero-order valence-corrected chi connectivity index (χ0v) is 10.4. The lowest BCUT2D eigenvalue weighted by Gasteiger charge is -2.29. The minimum atomic E-state index is -1.28. The Morgan fingerprint density at radius 2 is 2.25 bits per heavy atom. The molecule has 0 spiro atoms. The highest BCUT2D eigenvalue weighted by Crippen LogP contribution is 2.28. The number of pyridine rings is 1. The molecule has 1 aliphatic rings. The molecule has 1 aromatic heterocycles. The van der Waals surface area contributed by atoms with Gasteiger partial charge >= 0.3 is 0 Å². The fraction of sp³-hybridized carbons (Fsp3) is 0.545. The van der Waals surface area contributed by atoms with Gasteiger partial charge in [0.25, 0.3) is 0 Å². The molecule has 0 unspecified atom stereocenters. The van der Waals surface area contributed by atoms with Crippen molar-refractivity contribution in [2.24, 2.45) is 0 Å². The highest BCUT2D eigenvalue weighted by atomic mass is 79.9. The Balaban J connectivity index is 1.94. The Labute approximate surface area is 102 Å². The van der Waals surface area contributed by atoms with Crippen molar-refractivity contribution >= 4 is 15.9 Å². The maximum absolute atomic E-state index is 14.1. The van der Waals surface area contributed by atoms with Crippen molar-refractivity contribution in [3.05, 3.63) is 22.8 Å². The number of alkyl halides is 1. The van der Waals surface area contributed by atoms with Crippen LogP contribution in [0.15, 0.2) is 22.8 Å². The van der Waals surface area contributed by atoms with Gasteiger partial charge in [-0.15, -0.1) is 0 Å². The third-order valence-electron chi connectivity index (χ3n) is 2.58. The standard InChI is InChI=1S/C11H13BrFNO2/c12-9-2-1-5-14-10(9)16-8-11(13)3-6-15-7-4-11/h1-2,5H,3-4,6-8H2. The molecule has 0 aromatic carbocycles. The van der Waals surface area contributed by atoms with E-state index in [4.69, 9.17) is 9.47 Å². The lowest BCUT2D eigenvalue weighted by molar-refractivity contribution is -0.0332. The largest absolute Gasteiger partial charge is 0.473 e. The summed E-state index contributed by atoms with van der Waals surface area (Å²) in [6.45, 7) is 0.957. The van der Waals surface area contributed by atoms with Gasteiger partial charge in [0.1, 0.15) is 12.3 Å². The molecular formula is C11H13BrFNO2. The van der Waals surface area contributed by atoms with Crippen LogP contribution in [0.5, 0.6) is 5.88 Å². The van der Waals surface area contributed by atoms with Crippen molar-refractivity contribution in [1.29, 1.82) is 0 Å². The number of halogens is 2. The molecule has 16 heavy (non-hydrogen) atoms. The predicted molar refractivity (Wildman–Crippen MR) is 61.3 cm³/mol. The average Bonchev–Trinajstić information content (AvgIpc) is 2.29. The van der Waals surface area contributed by atoms with Crippen molar-refractivity contribution in [2.45, 2.75) is 18.5 Å². The maximum Gasteiger partial charge on any atom is 0.228 e. The lowest BCUT2D eigenvalue weighted by Crippen LogP contribution is -2.37. The van der Waals surface area contributed by atoms with Crippen LogP contribution in [0.3, 0.4) is 0 Å². The van der Waals surface area contributed by atoms with E-state index in [0.717, 1.165) is 4.47 Å². The second-order valence-corrected chi connectivity index (χ2v) is 4.70. The third kappa shape index (κ3) is 2.92. The van der Waals surface area contributed by atoms with Gasteiger partial charge in [-0.1, -0.05) is 0 Å². The van der Waals surface area contributed by atoms with E-state index < -0.39 is 5.67 Å². The topological polar surface area (TPSA) is 31.4 Å². The number of rotatable bonds is 3. The van der Waals surface area contributed by atoms with Gasteiger partial charge in [-0.3, -0.25) is 0 Å². The van der Waals surface area contributed by atoms with Crippen LogP contribution < -0.4 is 4.74 Å². The summed E-state index contributed by atoms with van der Waals surface area (Å²) in [6, 6.07) is 3.60. The first-order valence-corrected chi connectivity index (χ1v) is 5.99. The van der Waals surface area contributed by atoms with Gasteiger partial charge in [0.05, 0.1) is 4.47 Å². The fourth-order valence-electron chi connectivity index (χ4n) is 1.56. The Morgan fingerprint density at radius 3 is 2.94 bits per heavy atom. The SMILES string of the molecule is FC1(COc2ncccc2Br)CCOCC1. The minimum Gasteiger partial charge on any atom is -0.473 e. The quantitative estimate of drug-likeness (QED) is 0.857. The van der Waals surface area contributed by atoms with E-state index >= 15 is 0 Å². The second kappa shape index (κ2) is 5.10. The monoisotopic (exact) mass is 289 g/mol. The first kappa shape index (κ1) is 11.8. The molecule has 2 heterocycles. The molecule has 5 heteroatoms. The highest BCUT2D eigenvalue weighted by Gasteiger charge is 2.33. The minimum absolute atomic E-state index is 0.0337. The van der Waals surface area contributed by atoms with Crippen LogP contribution in [0.1, 0.15) is 12.8 Å². The van der Waals surface area contributed by atoms with Crippen LogP contribution in [0, 0.1) is 0 Å². The number of aromatic nitrogens is 1. The Bertz CT molecular complexity index is 356. The van der Waals surface area contributed by atoms with Gasteiger partial charge in [0.2, 0.25) is 5.88 Å². The second-order valence-electron chi connectivity index (χ2n) is 3.84. The zero-order chi connectivity index (χ0) is 11.4. The van der Waals surface area contributed by atoms with Crippen LogP contribution in [0.4, 0.5) is 4.39 Å². The number of hydrogen-bond acceptors (Lipinski definition) is 3. The summed E-state index contributed by atoms with van der Waals surface area (Å²) < 4.78 is 25.4. The summed E-state index contributed by atoms with van der Waals surface area (Å²) in [5.74, 6) is 0.436. The predicted octanol–water partition coefficient (Wildman–Crippen LogP) is 2.74. The van der Waals surface area contributed by atoms with Gasteiger partial charge in [-0.25, -0.2) is 9.37 Å². The van der Waals surface area contributed by atoms with Crippen LogP contribution in [-0.2, 0) is 4.74 Å². The Hall–Kier alpha value is -0.680. The van der Waals surface area contributed by atoms with Crippen molar-refractivity contribution in [3.63, 3.8) is 0 Å².